The number of hydrogen-bond donors (Lipinski definition) is 0. The van der Waals surface area contributed by atoms with Gasteiger partial charge in [0, 0.05) is 33.6 Å². The third-order valence-corrected chi connectivity index (χ3v) is 12.6. The number of anilines is 3. The molecule has 12 aromatic rings. The molecule has 300 valence electrons. The molecule has 0 radical (unpaired) electrons. The van der Waals surface area contributed by atoms with Crippen LogP contribution in [0.15, 0.2) is 253 Å². The molecule has 1 heterocycles. The minimum absolute atomic E-state index is 0.864. The van der Waals surface area contributed by atoms with E-state index in [1.807, 2.05) is 12.1 Å². The lowest BCUT2D eigenvalue weighted by Gasteiger charge is -2.27. The van der Waals surface area contributed by atoms with Crippen LogP contribution in [0.3, 0.4) is 0 Å². The van der Waals surface area contributed by atoms with Crippen LogP contribution < -0.4 is 4.90 Å². The quantitative estimate of drug-likeness (QED) is 0.152. The Morgan fingerprint density at radius 3 is 1.44 bits per heavy atom. The summed E-state index contributed by atoms with van der Waals surface area (Å²) >= 11 is 0. The predicted octanol–water partition coefficient (Wildman–Crippen LogP) is 17.7. The van der Waals surface area contributed by atoms with Crippen molar-refractivity contribution in [3.8, 4) is 55.6 Å². The van der Waals surface area contributed by atoms with E-state index in [9.17, 15) is 0 Å². The molecule has 0 spiro atoms. The number of para-hydroxylation sites is 1. The normalized spacial score (nSPS) is 11.4. The van der Waals surface area contributed by atoms with Gasteiger partial charge in [-0.05, 0) is 108 Å². The van der Waals surface area contributed by atoms with E-state index in [-0.39, 0.29) is 0 Å². The molecule has 0 unspecified atom stereocenters. The minimum atomic E-state index is 0.864. The minimum Gasteiger partial charge on any atom is -0.456 e. The molecule has 0 aliphatic rings. The molecule has 11 aromatic carbocycles. The number of hydrogen-bond acceptors (Lipinski definition) is 2. The number of benzene rings is 11. The maximum atomic E-state index is 6.46. The summed E-state index contributed by atoms with van der Waals surface area (Å²) in [5.74, 6) is 0. The smallest absolute Gasteiger partial charge is 0.137 e. The second kappa shape index (κ2) is 15.8. The number of rotatable bonds is 8. The van der Waals surface area contributed by atoms with Gasteiger partial charge in [0.1, 0.15) is 11.2 Å². The van der Waals surface area contributed by atoms with E-state index >= 15 is 0 Å². The lowest BCUT2D eigenvalue weighted by Crippen LogP contribution is -2.10. The summed E-state index contributed by atoms with van der Waals surface area (Å²) in [7, 11) is 0. The predicted molar refractivity (Wildman–Crippen MR) is 271 cm³/mol. The van der Waals surface area contributed by atoms with Crippen LogP contribution in [0.25, 0.3) is 99.1 Å². The lowest BCUT2D eigenvalue weighted by atomic mass is 9.77. The molecule has 12 rings (SSSR count). The summed E-state index contributed by atoms with van der Waals surface area (Å²) in [6.07, 6.45) is 0. The Bertz CT molecular complexity index is 3630. The average molecular weight is 816 g/mol. The average Bonchev–Trinajstić information content (AvgIpc) is 3.75. The van der Waals surface area contributed by atoms with Crippen molar-refractivity contribution in [3.05, 3.63) is 249 Å². The molecule has 0 bridgehead atoms. The van der Waals surface area contributed by atoms with E-state index in [1.165, 1.54) is 71.6 Å². The Hall–Kier alpha value is -8.46. The van der Waals surface area contributed by atoms with Crippen LogP contribution in [-0.2, 0) is 0 Å². The molecular formula is C62H41NO. The second-order valence-electron chi connectivity index (χ2n) is 16.4. The molecule has 0 atom stereocenters. The molecule has 0 aliphatic carbocycles. The first-order chi connectivity index (χ1) is 31.8. The molecule has 0 fully saturated rings. The van der Waals surface area contributed by atoms with E-state index in [2.05, 4.69) is 241 Å². The third-order valence-electron chi connectivity index (χ3n) is 12.6. The molecule has 0 saturated carbocycles. The van der Waals surface area contributed by atoms with E-state index in [0.717, 1.165) is 44.6 Å². The van der Waals surface area contributed by atoms with Gasteiger partial charge in [0.25, 0.3) is 0 Å². The van der Waals surface area contributed by atoms with Gasteiger partial charge in [0.2, 0.25) is 0 Å². The van der Waals surface area contributed by atoms with Crippen LogP contribution in [0.1, 0.15) is 0 Å². The Labute approximate surface area is 372 Å². The van der Waals surface area contributed by atoms with Gasteiger partial charge >= 0.3 is 0 Å². The molecule has 0 amide bonds. The van der Waals surface area contributed by atoms with Crippen LogP contribution in [0.2, 0.25) is 0 Å². The molecule has 0 N–H and O–H groups in total. The van der Waals surface area contributed by atoms with Gasteiger partial charge in [0.15, 0.2) is 0 Å². The topological polar surface area (TPSA) is 16.4 Å². The lowest BCUT2D eigenvalue weighted by molar-refractivity contribution is 0.669. The summed E-state index contributed by atoms with van der Waals surface area (Å²) in [4.78, 5) is 2.37. The molecule has 1 aromatic heterocycles. The van der Waals surface area contributed by atoms with E-state index in [1.54, 1.807) is 0 Å². The fraction of sp³-hybridized carbons (Fsp3) is 0. The monoisotopic (exact) mass is 815 g/mol. The van der Waals surface area contributed by atoms with Crippen LogP contribution >= 0.6 is 0 Å². The van der Waals surface area contributed by atoms with Gasteiger partial charge in [-0.25, -0.2) is 0 Å². The van der Waals surface area contributed by atoms with Gasteiger partial charge in [-0.15, -0.1) is 0 Å². The van der Waals surface area contributed by atoms with Crippen molar-refractivity contribution in [1.82, 2.24) is 0 Å². The Balaban J connectivity index is 1.12. The van der Waals surface area contributed by atoms with Crippen molar-refractivity contribution in [1.29, 1.82) is 0 Å². The molecule has 64 heavy (non-hydrogen) atoms. The summed E-state index contributed by atoms with van der Waals surface area (Å²) in [5.41, 5.74) is 16.9. The molecule has 0 saturated heterocycles. The first-order valence-electron chi connectivity index (χ1n) is 21.9. The number of fused-ring (bicyclic) bond motifs is 5. The van der Waals surface area contributed by atoms with Gasteiger partial charge in [0.05, 0.1) is 5.69 Å². The summed E-state index contributed by atoms with van der Waals surface area (Å²) in [5, 5.41) is 7.03. The molecule has 2 heteroatoms. The highest BCUT2D eigenvalue weighted by molar-refractivity contribution is 6.22. The SMILES string of the molecule is c1ccc(-c2c(-c3ccccc3)c(-c3ccccc3)c3c(-c4ccc(N(c5ccc6c(c5)oc5ccccc56)c5cccc6ccccc56)cc4)cccc3c2-c2ccccc2)cc1. The first kappa shape index (κ1) is 37.3. The van der Waals surface area contributed by atoms with E-state index < -0.39 is 0 Å². The summed E-state index contributed by atoms with van der Waals surface area (Å²) in [6, 6.07) is 89.8. The largest absolute Gasteiger partial charge is 0.456 e. The highest BCUT2D eigenvalue weighted by Crippen LogP contribution is 2.53. The van der Waals surface area contributed by atoms with Crippen LogP contribution in [0.4, 0.5) is 17.1 Å². The number of nitrogens with zero attached hydrogens (tertiary/aromatic N) is 1. The van der Waals surface area contributed by atoms with E-state index in [4.69, 9.17) is 4.42 Å². The molecule has 2 nitrogen and oxygen atoms in total. The molecule has 0 aliphatic heterocycles. The maximum absolute atomic E-state index is 6.46. The zero-order valence-electron chi connectivity index (χ0n) is 35.0. The van der Waals surface area contributed by atoms with Gasteiger partial charge < -0.3 is 9.32 Å². The van der Waals surface area contributed by atoms with Gasteiger partial charge in [-0.3, -0.25) is 0 Å². The fourth-order valence-corrected chi connectivity index (χ4v) is 9.84. The van der Waals surface area contributed by atoms with Gasteiger partial charge in [-0.2, -0.15) is 0 Å². The van der Waals surface area contributed by atoms with E-state index in [0.29, 0.717) is 0 Å². The van der Waals surface area contributed by atoms with Crippen LogP contribution in [0.5, 0.6) is 0 Å². The van der Waals surface area contributed by atoms with Crippen molar-refractivity contribution >= 4 is 60.5 Å². The van der Waals surface area contributed by atoms with Crippen molar-refractivity contribution in [2.75, 3.05) is 4.90 Å². The first-order valence-corrected chi connectivity index (χ1v) is 21.9. The van der Waals surface area contributed by atoms with Gasteiger partial charge in [-0.1, -0.05) is 206 Å². The standard InChI is InChI=1S/C62H41NO/c1-5-20-44(21-6-1)58-54-32-18-31-51(62(54)61(47-26-11-4-12-27-47)60(46-24-9-3-10-25-46)59(58)45-22-7-2-8-23-45)43-35-37-48(38-36-43)63(55-33-17-28-42-19-13-14-29-50(42)55)49-39-40-53-52-30-15-16-34-56(52)64-57(53)41-49/h1-41H. The van der Waals surface area contributed by atoms with Crippen LogP contribution in [0, 0.1) is 0 Å². The summed E-state index contributed by atoms with van der Waals surface area (Å²) in [6.45, 7) is 0. The number of furan rings is 1. The van der Waals surface area contributed by atoms with Crippen LogP contribution in [-0.4, -0.2) is 0 Å². The maximum Gasteiger partial charge on any atom is 0.137 e. The molecular weight excluding hydrogens is 775 g/mol. The van der Waals surface area contributed by atoms with Crippen molar-refractivity contribution < 1.29 is 4.42 Å². The highest BCUT2D eigenvalue weighted by Gasteiger charge is 2.26. The Kier molecular flexibility index (Phi) is 9.20. The zero-order valence-corrected chi connectivity index (χ0v) is 35.0. The van der Waals surface area contributed by atoms with Crippen molar-refractivity contribution in [2.24, 2.45) is 0 Å². The Morgan fingerprint density at radius 2 is 0.766 bits per heavy atom. The second-order valence-corrected chi connectivity index (χ2v) is 16.4. The Morgan fingerprint density at radius 1 is 0.281 bits per heavy atom. The van der Waals surface area contributed by atoms with Crippen molar-refractivity contribution in [3.63, 3.8) is 0 Å². The highest BCUT2D eigenvalue weighted by atomic mass is 16.3. The zero-order chi connectivity index (χ0) is 42.4. The summed E-state index contributed by atoms with van der Waals surface area (Å²) < 4.78 is 6.46. The van der Waals surface area contributed by atoms with Crippen molar-refractivity contribution in [2.45, 2.75) is 0 Å². The third kappa shape index (κ3) is 6.35. The fourth-order valence-electron chi connectivity index (χ4n) is 9.84.